The van der Waals surface area contributed by atoms with E-state index in [4.69, 9.17) is 4.74 Å². The maximum Gasteiger partial charge on any atom is 0.330 e. The number of fused-ring (bicyclic) bond motifs is 1. The smallest absolute Gasteiger partial charge is 0.330 e. The summed E-state index contributed by atoms with van der Waals surface area (Å²) < 4.78 is 18.8. The van der Waals surface area contributed by atoms with Crippen molar-refractivity contribution in [3.05, 3.63) is 35.1 Å². The summed E-state index contributed by atoms with van der Waals surface area (Å²) in [5, 5.41) is 3.28. The highest BCUT2D eigenvalue weighted by atomic mass is 19.1. The van der Waals surface area contributed by atoms with Crippen LogP contribution in [0.2, 0.25) is 0 Å². The molecule has 1 N–H and O–H groups in total. The van der Waals surface area contributed by atoms with Crippen molar-refractivity contribution in [2.75, 3.05) is 34.3 Å². The lowest BCUT2D eigenvalue weighted by atomic mass is 9.91. The molecule has 0 aliphatic heterocycles. The van der Waals surface area contributed by atoms with E-state index in [1.54, 1.807) is 6.07 Å². The number of ether oxygens (including phenoxy) is 1. The highest BCUT2D eigenvalue weighted by Crippen LogP contribution is 2.39. The number of nitrogens with one attached hydrogen (secondary N) is 1. The summed E-state index contributed by atoms with van der Waals surface area (Å²) in [6, 6.07) is 4.89. The van der Waals surface area contributed by atoms with Gasteiger partial charge in [0.25, 0.3) is 0 Å². The third-order valence-electron chi connectivity index (χ3n) is 3.85. The molecule has 1 aromatic rings. The van der Waals surface area contributed by atoms with E-state index in [2.05, 4.69) is 5.32 Å². The van der Waals surface area contributed by atoms with Gasteiger partial charge in [-0.15, -0.1) is 0 Å². The number of hydrogen-bond acceptors (Lipinski definition) is 4. The predicted octanol–water partition coefficient (Wildman–Crippen LogP) is 1.29. The fraction of sp³-hybridized carbons (Fsp3) is 0.533. The number of likely N-dealkylation sites (N-methyl/N-ethyl adjacent to an activating group) is 1. The van der Waals surface area contributed by atoms with Crippen LogP contribution in [0, 0.1) is 5.82 Å². The van der Waals surface area contributed by atoms with Gasteiger partial charge in [-0.05, 0) is 44.1 Å². The first kappa shape index (κ1) is 14.9. The number of halogens is 1. The van der Waals surface area contributed by atoms with Crippen LogP contribution >= 0.6 is 0 Å². The summed E-state index contributed by atoms with van der Waals surface area (Å²) in [7, 11) is 5.30. The van der Waals surface area contributed by atoms with E-state index in [1.165, 1.54) is 13.2 Å². The first-order valence-corrected chi connectivity index (χ1v) is 6.77. The molecule has 0 radical (unpaired) electrons. The van der Waals surface area contributed by atoms with Gasteiger partial charge >= 0.3 is 5.97 Å². The van der Waals surface area contributed by atoms with Gasteiger partial charge < -0.3 is 9.64 Å². The van der Waals surface area contributed by atoms with Crippen LogP contribution < -0.4 is 5.32 Å². The van der Waals surface area contributed by atoms with Gasteiger partial charge in [-0.25, -0.2) is 9.18 Å². The standard InChI is InChI=1S/C15H21FN2O2/c1-18(2)10-9-17-15(14(19)20-3)8-7-11-12(15)5-4-6-13(11)16/h4-6,17H,7-10H2,1-3H3. The number of esters is 1. The van der Waals surface area contributed by atoms with E-state index in [-0.39, 0.29) is 11.8 Å². The van der Waals surface area contributed by atoms with Gasteiger partial charge in [0.1, 0.15) is 11.4 Å². The first-order chi connectivity index (χ1) is 9.51. The van der Waals surface area contributed by atoms with E-state index in [0.717, 1.165) is 6.54 Å². The van der Waals surface area contributed by atoms with E-state index >= 15 is 0 Å². The van der Waals surface area contributed by atoms with E-state index in [0.29, 0.717) is 30.5 Å². The van der Waals surface area contributed by atoms with Crippen LogP contribution in [0.15, 0.2) is 18.2 Å². The zero-order valence-electron chi connectivity index (χ0n) is 12.2. The quantitative estimate of drug-likeness (QED) is 0.825. The molecule has 0 fully saturated rings. The molecule has 110 valence electrons. The molecule has 1 aromatic carbocycles. The van der Waals surface area contributed by atoms with Crippen LogP contribution in [-0.4, -0.2) is 45.2 Å². The predicted molar refractivity (Wildman–Crippen MR) is 75.0 cm³/mol. The summed E-state index contributed by atoms with van der Waals surface area (Å²) in [6.07, 6.45) is 1.08. The van der Waals surface area contributed by atoms with Gasteiger partial charge in [0.2, 0.25) is 0 Å². The first-order valence-electron chi connectivity index (χ1n) is 6.77. The normalized spacial score (nSPS) is 21.1. The van der Waals surface area contributed by atoms with Crippen molar-refractivity contribution in [1.29, 1.82) is 0 Å². The molecule has 5 heteroatoms. The topological polar surface area (TPSA) is 41.6 Å². The number of carbonyl (C=O) groups excluding carboxylic acids is 1. The number of benzene rings is 1. The lowest BCUT2D eigenvalue weighted by Crippen LogP contribution is -2.50. The van der Waals surface area contributed by atoms with Gasteiger partial charge in [-0.1, -0.05) is 12.1 Å². The molecule has 0 saturated carbocycles. The Kier molecular flexibility index (Phi) is 4.40. The summed E-state index contributed by atoms with van der Waals surface area (Å²) in [6.45, 7) is 1.43. The summed E-state index contributed by atoms with van der Waals surface area (Å²) >= 11 is 0. The van der Waals surface area contributed by atoms with Crippen molar-refractivity contribution in [3.8, 4) is 0 Å². The number of nitrogens with zero attached hydrogens (tertiary/aromatic N) is 1. The van der Waals surface area contributed by atoms with Crippen LogP contribution in [0.3, 0.4) is 0 Å². The van der Waals surface area contributed by atoms with E-state index in [1.807, 2.05) is 25.1 Å². The zero-order valence-corrected chi connectivity index (χ0v) is 12.2. The van der Waals surface area contributed by atoms with Crippen LogP contribution in [-0.2, 0) is 21.5 Å². The third kappa shape index (κ3) is 2.55. The highest BCUT2D eigenvalue weighted by Gasteiger charge is 2.46. The SMILES string of the molecule is COC(=O)C1(NCCN(C)C)CCc2c(F)cccc21. The Morgan fingerprint density at radius 3 is 2.90 bits per heavy atom. The fourth-order valence-corrected chi connectivity index (χ4v) is 2.79. The van der Waals surface area contributed by atoms with Crippen LogP contribution in [0.5, 0.6) is 0 Å². The minimum atomic E-state index is -0.914. The van der Waals surface area contributed by atoms with Gasteiger partial charge in [0.05, 0.1) is 7.11 Å². The third-order valence-corrected chi connectivity index (χ3v) is 3.85. The van der Waals surface area contributed by atoms with Gasteiger partial charge in [-0.2, -0.15) is 0 Å². The molecular weight excluding hydrogens is 259 g/mol. The second-order valence-corrected chi connectivity index (χ2v) is 5.39. The van der Waals surface area contributed by atoms with E-state index < -0.39 is 5.54 Å². The highest BCUT2D eigenvalue weighted by molar-refractivity contribution is 5.84. The Labute approximate surface area is 118 Å². The summed E-state index contributed by atoms with van der Waals surface area (Å²) in [5.41, 5.74) is 0.417. The Balaban J connectivity index is 2.32. The molecule has 4 nitrogen and oxygen atoms in total. The van der Waals surface area contributed by atoms with Gasteiger partial charge in [0, 0.05) is 13.1 Å². The molecule has 0 saturated heterocycles. The molecule has 1 atom stereocenters. The van der Waals surface area contributed by atoms with Crippen molar-refractivity contribution >= 4 is 5.97 Å². The van der Waals surface area contributed by atoms with Crippen LogP contribution in [0.1, 0.15) is 17.5 Å². The molecule has 1 aliphatic carbocycles. The van der Waals surface area contributed by atoms with E-state index in [9.17, 15) is 9.18 Å². The van der Waals surface area contributed by atoms with Crippen LogP contribution in [0.4, 0.5) is 4.39 Å². The lowest BCUT2D eigenvalue weighted by molar-refractivity contribution is -0.149. The fourth-order valence-electron chi connectivity index (χ4n) is 2.79. The van der Waals surface area contributed by atoms with Gasteiger partial charge in [-0.3, -0.25) is 5.32 Å². The number of methoxy groups -OCH3 is 1. The molecule has 0 spiro atoms. The monoisotopic (exact) mass is 280 g/mol. The van der Waals surface area contributed by atoms with Crippen molar-refractivity contribution in [3.63, 3.8) is 0 Å². The largest absolute Gasteiger partial charge is 0.467 e. The molecule has 0 amide bonds. The minimum Gasteiger partial charge on any atom is -0.467 e. The Morgan fingerprint density at radius 1 is 1.50 bits per heavy atom. The molecule has 1 aliphatic rings. The number of carbonyl (C=O) groups is 1. The number of rotatable bonds is 5. The summed E-state index contributed by atoms with van der Waals surface area (Å²) in [4.78, 5) is 14.3. The Hall–Kier alpha value is -1.46. The second kappa shape index (κ2) is 5.89. The van der Waals surface area contributed by atoms with Crippen LogP contribution in [0.25, 0.3) is 0 Å². The molecule has 20 heavy (non-hydrogen) atoms. The Morgan fingerprint density at radius 2 is 2.25 bits per heavy atom. The zero-order chi connectivity index (χ0) is 14.8. The molecule has 1 unspecified atom stereocenters. The van der Waals surface area contributed by atoms with Crippen molar-refractivity contribution in [1.82, 2.24) is 10.2 Å². The molecule has 0 heterocycles. The Bertz CT molecular complexity index is 505. The molecule has 2 rings (SSSR count). The lowest BCUT2D eigenvalue weighted by Gasteiger charge is -2.29. The maximum atomic E-state index is 13.9. The minimum absolute atomic E-state index is 0.248. The number of hydrogen-bond donors (Lipinski definition) is 1. The van der Waals surface area contributed by atoms with Crippen molar-refractivity contribution < 1.29 is 13.9 Å². The summed E-state index contributed by atoms with van der Waals surface area (Å²) in [5.74, 6) is -0.594. The van der Waals surface area contributed by atoms with Crippen molar-refractivity contribution in [2.24, 2.45) is 0 Å². The van der Waals surface area contributed by atoms with Crippen molar-refractivity contribution in [2.45, 2.75) is 18.4 Å². The van der Waals surface area contributed by atoms with Gasteiger partial charge in [0.15, 0.2) is 0 Å². The average Bonchev–Trinajstić information content (AvgIpc) is 2.79. The molecular formula is C15H21FN2O2. The second-order valence-electron chi connectivity index (χ2n) is 5.39. The average molecular weight is 280 g/mol. The maximum absolute atomic E-state index is 13.9. The molecule has 0 bridgehead atoms. The molecule has 0 aromatic heterocycles.